The maximum Gasteiger partial charge on any atom is 0.252 e. The van der Waals surface area contributed by atoms with Gasteiger partial charge in [-0.05, 0) is 62.6 Å². The van der Waals surface area contributed by atoms with Crippen LogP contribution in [0.15, 0.2) is 84.0 Å². The molecular formula is C32H31N5O. The van der Waals surface area contributed by atoms with Crippen molar-refractivity contribution < 1.29 is 4.79 Å². The number of aryl methyl sites for hydroxylation is 1. The van der Waals surface area contributed by atoms with Gasteiger partial charge in [0.2, 0.25) is 0 Å². The Morgan fingerprint density at radius 3 is 2.39 bits per heavy atom. The van der Waals surface area contributed by atoms with Gasteiger partial charge in [-0.3, -0.25) is 9.80 Å². The Hall–Kier alpha value is -4.50. The Morgan fingerprint density at radius 1 is 1.03 bits per heavy atom. The van der Waals surface area contributed by atoms with Crippen LogP contribution < -0.4 is 5.32 Å². The molecule has 6 nitrogen and oxygen atoms in total. The van der Waals surface area contributed by atoms with Crippen molar-refractivity contribution in [3.63, 3.8) is 0 Å². The summed E-state index contributed by atoms with van der Waals surface area (Å²) in [5, 5.41) is 20.0. The van der Waals surface area contributed by atoms with Gasteiger partial charge in [0.1, 0.15) is 0 Å². The van der Waals surface area contributed by atoms with Crippen molar-refractivity contribution in [1.29, 1.82) is 5.26 Å². The van der Waals surface area contributed by atoms with Gasteiger partial charge < -0.3 is 5.32 Å². The standard InChI is InChI=1S/C32H31N5O/c1-5-22-14-16-25(17-15-22)29-18-27(26-8-6-7-9-28(26)34-29)31(38)35-30-21(2)36-37(32(30,3)4)20-24-12-10-23(19-33)11-13-24/h6-18,30H,5,20H2,1-4H3,(H,35,38). The molecule has 0 saturated carbocycles. The molecule has 6 heteroatoms. The molecule has 1 unspecified atom stereocenters. The summed E-state index contributed by atoms with van der Waals surface area (Å²) in [6, 6.07) is 27.4. The van der Waals surface area contributed by atoms with E-state index in [-0.39, 0.29) is 11.9 Å². The highest BCUT2D eigenvalue weighted by atomic mass is 16.1. The van der Waals surface area contributed by atoms with Crippen LogP contribution in [0.1, 0.15) is 54.7 Å². The fraction of sp³-hybridized carbons (Fsp3) is 0.250. The second kappa shape index (κ2) is 10.1. The van der Waals surface area contributed by atoms with Gasteiger partial charge in [-0.1, -0.05) is 61.5 Å². The third-order valence-corrected chi connectivity index (χ3v) is 7.38. The van der Waals surface area contributed by atoms with E-state index < -0.39 is 5.54 Å². The first-order valence-corrected chi connectivity index (χ1v) is 12.9. The molecule has 1 N–H and O–H groups in total. The van der Waals surface area contributed by atoms with E-state index in [0.29, 0.717) is 17.7 Å². The number of hydrogen-bond acceptors (Lipinski definition) is 5. The second-order valence-corrected chi connectivity index (χ2v) is 10.3. The van der Waals surface area contributed by atoms with E-state index in [1.807, 2.05) is 66.5 Å². The van der Waals surface area contributed by atoms with E-state index in [9.17, 15) is 4.79 Å². The molecule has 0 radical (unpaired) electrons. The number of rotatable bonds is 6. The molecule has 0 aliphatic carbocycles. The normalized spacial score (nSPS) is 16.2. The van der Waals surface area contributed by atoms with E-state index in [4.69, 9.17) is 15.3 Å². The van der Waals surface area contributed by atoms with Crippen LogP contribution in [0.2, 0.25) is 0 Å². The minimum absolute atomic E-state index is 0.150. The number of pyridine rings is 1. The summed E-state index contributed by atoms with van der Waals surface area (Å²) in [7, 11) is 0. The van der Waals surface area contributed by atoms with Crippen molar-refractivity contribution in [3.8, 4) is 17.3 Å². The van der Waals surface area contributed by atoms with Crippen molar-refractivity contribution >= 4 is 22.5 Å². The first-order valence-electron chi connectivity index (χ1n) is 12.9. The Morgan fingerprint density at radius 2 is 1.71 bits per heavy atom. The minimum Gasteiger partial charge on any atom is -0.341 e. The number of amides is 1. The van der Waals surface area contributed by atoms with Crippen LogP contribution in [0.3, 0.4) is 0 Å². The van der Waals surface area contributed by atoms with Crippen molar-refractivity contribution in [2.75, 3.05) is 0 Å². The van der Waals surface area contributed by atoms with Gasteiger partial charge in [-0.2, -0.15) is 10.4 Å². The predicted octanol–water partition coefficient (Wildman–Crippen LogP) is 6.10. The summed E-state index contributed by atoms with van der Waals surface area (Å²) in [6.07, 6.45) is 0.972. The zero-order valence-electron chi connectivity index (χ0n) is 22.2. The molecule has 3 aromatic carbocycles. The molecule has 4 aromatic rings. The van der Waals surface area contributed by atoms with Crippen LogP contribution in [0.25, 0.3) is 22.2 Å². The molecule has 190 valence electrons. The van der Waals surface area contributed by atoms with E-state index in [1.54, 1.807) is 0 Å². The van der Waals surface area contributed by atoms with Crippen LogP contribution in [-0.2, 0) is 13.0 Å². The fourth-order valence-electron chi connectivity index (χ4n) is 5.05. The number of aromatic nitrogens is 1. The molecule has 38 heavy (non-hydrogen) atoms. The number of hydrogen-bond donors (Lipinski definition) is 1. The van der Waals surface area contributed by atoms with Gasteiger partial charge in [0, 0.05) is 10.9 Å². The van der Waals surface area contributed by atoms with Crippen LogP contribution in [0, 0.1) is 11.3 Å². The van der Waals surface area contributed by atoms with Crippen LogP contribution >= 0.6 is 0 Å². The number of carbonyl (C=O) groups excluding carboxylic acids is 1. The lowest BCUT2D eigenvalue weighted by molar-refractivity contribution is 0.0861. The Bertz CT molecular complexity index is 1560. The highest BCUT2D eigenvalue weighted by molar-refractivity contribution is 6.09. The van der Waals surface area contributed by atoms with Gasteiger partial charge in [0.05, 0.1) is 52.2 Å². The van der Waals surface area contributed by atoms with Gasteiger partial charge in [-0.15, -0.1) is 0 Å². The molecule has 0 bridgehead atoms. The number of para-hydroxylation sites is 1. The molecular weight excluding hydrogens is 470 g/mol. The average molecular weight is 502 g/mol. The monoisotopic (exact) mass is 501 g/mol. The van der Waals surface area contributed by atoms with Crippen LogP contribution in [0.4, 0.5) is 0 Å². The molecule has 1 atom stereocenters. The van der Waals surface area contributed by atoms with E-state index in [1.165, 1.54) is 5.56 Å². The SMILES string of the molecule is CCc1ccc(-c2cc(C(=O)NC3C(C)=NN(Cc4ccc(C#N)cc4)C3(C)C)c3ccccc3n2)cc1. The zero-order valence-corrected chi connectivity index (χ0v) is 22.2. The van der Waals surface area contributed by atoms with Gasteiger partial charge in [0.25, 0.3) is 5.91 Å². The number of benzene rings is 3. The van der Waals surface area contributed by atoms with E-state index in [2.05, 4.69) is 56.4 Å². The number of hydrazone groups is 1. The van der Waals surface area contributed by atoms with Crippen molar-refractivity contribution in [3.05, 3.63) is 101 Å². The van der Waals surface area contributed by atoms with Crippen LogP contribution in [-0.4, -0.2) is 33.2 Å². The number of nitriles is 1. The number of carbonyl (C=O) groups is 1. The Balaban J connectivity index is 1.43. The quantitative estimate of drug-likeness (QED) is 0.346. The van der Waals surface area contributed by atoms with Crippen molar-refractivity contribution in [2.45, 2.75) is 52.2 Å². The third kappa shape index (κ3) is 4.76. The molecule has 2 heterocycles. The molecule has 5 rings (SSSR count). The molecule has 1 amide bonds. The van der Waals surface area contributed by atoms with Crippen molar-refractivity contribution in [1.82, 2.24) is 15.3 Å². The second-order valence-electron chi connectivity index (χ2n) is 10.3. The molecule has 1 aliphatic rings. The number of nitrogens with zero attached hydrogens (tertiary/aromatic N) is 4. The summed E-state index contributed by atoms with van der Waals surface area (Å²) in [5.74, 6) is -0.150. The topological polar surface area (TPSA) is 81.4 Å². The summed E-state index contributed by atoms with van der Waals surface area (Å²) in [5.41, 5.74) is 6.48. The molecule has 1 aromatic heterocycles. The van der Waals surface area contributed by atoms with Gasteiger partial charge >= 0.3 is 0 Å². The fourth-order valence-corrected chi connectivity index (χ4v) is 5.05. The minimum atomic E-state index is -0.449. The van der Waals surface area contributed by atoms with Crippen LogP contribution in [0.5, 0.6) is 0 Å². The lowest BCUT2D eigenvalue weighted by atomic mass is 9.91. The third-order valence-electron chi connectivity index (χ3n) is 7.38. The number of fused-ring (bicyclic) bond motifs is 1. The van der Waals surface area contributed by atoms with Gasteiger partial charge in [-0.25, -0.2) is 4.98 Å². The number of nitrogens with one attached hydrogen (secondary N) is 1. The molecule has 0 fully saturated rings. The predicted molar refractivity (Wildman–Crippen MR) is 152 cm³/mol. The largest absolute Gasteiger partial charge is 0.341 e. The smallest absolute Gasteiger partial charge is 0.252 e. The Labute approximate surface area is 223 Å². The molecule has 0 saturated heterocycles. The highest BCUT2D eigenvalue weighted by Gasteiger charge is 2.43. The summed E-state index contributed by atoms with van der Waals surface area (Å²) < 4.78 is 0. The summed E-state index contributed by atoms with van der Waals surface area (Å²) in [4.78, 5) is 18.7. The first kappa shape index (κ1) is 25.2. The van der Waals surface area contributed by atoms with E-state index >= 15 is 0 Å². The lowest BCUT2D eigenvalue weighted by Gasteiger charge is -2.36. The van der Waals surface area contributed by atoms with Gasteiger partial charge in [0.15, 0.2) is 0 Å². The summed E-state index contributed by atoms with van der Waals surface area (Å²) in [6.45, 7) is 8.85. The summed E-state index contributed by atoms with van der Waals surface area (Å²) >= 11 is 0. The first-order chi connectivity index (χ1) is 18.3. The molecule has 0 spiro atoms. The average Bonchev–Trinajstić information content (AvgIpc) is 3.15. The molecule has 1 aliphatic heterocycles. The maximum atomic E-state index is 13.8. The van der Waals surface area contributed by atoms with Crippen molar-refractivity contribution in [2.24, 2.45) is 5.10 Å². The maximum absolute atomic E-state index is 13.8. The van der Waals surface area contributed by atoms with E-state index in [0.717, 1.165) is 39.9 Å². The lowest BCUT2D eigenvalue weighted by Crippen LogP contribution is -2.55. The highest BCUT2D eigenvalue weighted by Crippen LogP contribution is 2.31. The Kier molecular flexibility index (Phi) is 6.69. The zero-order chi connectivity index (χ0) is 26.9.